The standard InChI is InChI=1S/C100H82N2O12/c1-51(2)67-15-13-16-68(52(3)4)95(67)101-97(107)75-47-83(111-79-39-23-57(11)43-71(79)59-25-19-55(9)20-26-59)89-90-84(112-80-40-24-58(12)44-72(80)60-27-21-56(10)22-28-60)48-76-88-78(100(110)102(98(76)108)96-69(53(5)6)17-14-18-70(96)54(7)8)50-86(114-82-42-38-66(106)46-74(82)62-31-35-64(104)36-32-62)92(94(88)90)91-85(49-77(99(101)109)87(75)93(89)91)113-81-41-37-65(105)45-73(81)61-29-33-63(103)34-30-61/h13-54,103-106H,1-12H3. The molecular weight excluding hydrogens is 1420 g/mol. The number of aromatic hydroxyl groups is 4. The lowest BCUT2D eigenvalue weighted by Gasteiger charge is -2.35. The highest BCUT2D eigenvalue weighted by molar-refractivity contribution is 6.48. The Morgan fingerprint density at radius 3 is 0.746 bits per heavy atom. The van der Waals surface area contributed by atoms with Crippen LogP contribution in [-0.2, 0) is 0 Å². The zero-order valence-electron chi connectivity index (χ0n) is 65.2. The summed E-state index contributed by atoms with van der Waals surface area (Å²) in [6.45, 7) is 24.3. The number of carbonyl (C=O) groups excluding carboxylic acids is 4. The Morgan fingerprint density at radius 1 is 0.237 bits per heavy atom. The quantitative estimate of drug-likeness (QED) is 0.0361. The van der Waals surface area contributed by atoms with Gasteiger partial charge in [0, 0.05) is 65.3 Å². The number of nitrogens with zero attached hydrogens (tertiary/aromatic N) is 2. The number of hydrogen-bond donors (Lipinski definition) is 4. The maximum atomic E-state index is 17.1. The van der Waals surface area contributed by atoms with Gasteiger partial charge >= 0.3 is 0 Å². The van der Waals surface area contributed by atoms with Crippen LogP contribution in [0.3, 0.4) is 0 Å². The van der Waals surface area contributed by atoms with Crippen LogP contribution in [-0.4, -0.2) is 44.1 Å². The van der Waals surface area contributed by atoms with Gasteiger partial charge in [0.05, 0.1) is 33.6 Å². The van der Waals surface area contributed by atoms with Crippen molar-refractivity contribution in [1.29, 1.82) is 0 Å². The minimum absolute atomic E-state index is 0.00949. The fourth-order valence-electron chi connectivity index (χ4n) is 16.6. The van der Waals surface area contributed by atoms with Crippen molar-refractivity contribution < 1.29 is 58.6 Å². The van der Waals surface area contributed by atoms with E-state index in [-0.39, 0.29) is 147 Å². The van der Waals surface area contributed by atoms with E-state index in [1.54, 1.807) is 72.8 Å². The first-order valence-electron chi connectivity index (χ1n) is 38.5. The van der Waals surface area contributed by atoms with Crippen molar-refractivity contribution in [3.8, 4) is 114 Å². The van der Waals surface area contributed by atoms with Crippen LogP contribution in [0.25, 0.3) is 87.6 Å². The van der Waals surface area contributed by atoms with Crippen LogP contribution in [0.4, 0.5) is 11.4 Å². The summed E-state index contributed by atoms with van der Waals surface area (Å²) in [5.41, 5.74) is 13.0. The number of anilines is 2. The minimum Gasteiger partial charge on any atom is -0.508 e. The summed E-state index contributed by atoms with van der Waals surface area (Å²) in [4.78, 5) is 70.9. The summed E-state index contributed by atoms with van der Waals surface area (Å²) in [7, 11) is 0. The van der Waals surface area contributed by atoms with Crippen LogP contribution >= 0.6 is 0 Å². The molecule has 4 N–H and O–H groups in total. The maximum Gasteiger partial charge on any atom is 0.266 e. The van der Waals surface area contributed by atoms with E-state index in [1.807, 2.05) is 204 Å². The van der Waals surface area contributed by atoms with Gasteiger partial charge in [-0.2, -0.15) is 0 Å². The molecule has 0 radical (unpaired) electrons. The highest BCUT2D eigenvalue weighted by Gasteiger charge is 2.45. The highest BCUT2D eigenvalue weighted by Crippen LogP contribution is 2.60. The summed E-state index contributed by atoms with van der Waals surface area (Å²) in [6, 6.07) is 68.5. The summed E-state index contributed by atoms with van der Waals surface area (Å²) >= 11 is 0. The number of ether oxygens (including phenoxy) is 4. The number of imide groups is 2. The van der Waals surface area contributed by atoms with Gasteiger partial charge in [-0.25, -0.2) is 9.80 Å². The third kappa shape index (κ3) is 12.4. The van der Waals surface area contributed by atoms with Crippen molar-refractivity contribution in [3.05, 3.63) is 297 Å². The van der Waals surface area contributed by atoms with E-state index in [1.165, 1.54) is 46.2 Å². The molecule has 2 heterocycles. The van der Waals surface area contributed by atoms with Crippen molar-refractivity contribution in [2.45, 2.75) is 107 Å². The molecule has 114 heavy (non-hydrogen) atoms. The predicted molar refractivity (Wildman–Crippen MR) is 453 cm³/mol. The summed E-state index contributed by atoms with van der Waals surface area (Å²) in [6.07, 6.45) is 0. The third-order valence-corrected chi connectivity index (χ3v) is 22.2. The first-order chi connectivity index (χ1) is 54.8. The minimum atomic E-state index is -0.670. The Balaban J connectivity index is 1.12. The SMILES string of the molecule is Cc1ccc(-c2cc(C)ccc2Oc2cc3c4c(cc(Oc5ccc(O)cc5-c5ccc(O)cc5)c5c6c(Oc7ccc(O)cc7-c7ccc(O)cc7)cc7c8c(cc(Oc9ccc(C)cc9-c9ccc(C)cc9)c(c2c45)c86)C(=O)N(c2c(C(C)C)cccc2C(C)C)C7=O)C(=O)N(c2c(C(C)C)cccc2C(C)C)C3=O)cc1. The zero-order valence-corrected chi connectivity index (χ0v) is 65.2. The van der Waals surface area contributed by atoms with Crippen molar-refractivity contribution in [2.75, 3.05) is 9.80 Å². The molecule has 0 spiro atoms. The topological polar surface area (TPSA) is 193 Å². The molecule has 0 saturated carbocycles. The molecular formula is C100H82N2O12. The monoisotopic (exact) mass is 1500 g/mol. The molecule has 15 aromatic rings. The lowest BCUT2D eigenvalue weighted by molar-refractivity contribution is 0.0877. The van der Waals surface area contributed by atoms with Crippen LogP contribution in [0.5, 0.6) is 69.0 Å². The number of fused-ring (bicyclic) bond motifs is 2. The van der Waals surface area contributed by atoms with Gasteiger partial charge in [-0.05, 0) is 205 Å². The largest absolute Gasteiger partial charge is 0.508 e. The number of phenolic OH excluding ortho intramolecular Hbond substituents is 4. The van der Waals surface area contributed by atoms with E-state index in [2.05, 4.69) is 0 Å². The predicted octanol–water partition coefficient (Wildman–Crippen LogP) is 25.7. The van der Waals surface area contributed by atoms with Crippen LogP contribution in [0.2, 0.25) is 0 Å². The van der Waals surface area contributed by atoms with Crippen LogP contribution < -0.4 is 28.7 Å². The third-order valence-electron chi connectivity index (χ3n) is 22.2. The second kappa shape index (κ2) is 28.2. The number of hydrogen-bond acceptors (Lipinski definition) is 12. The Hall–Kier alpha value is -13.7. The summed E-state index contributed by atoms with van der Waals surface area (Å²) in [5, 5.41) is 46.6. The molecule has 17 rings (SSSR count). The number of carbonyl (C=O) groups is 4. The first-order valence-corrected chi connectivity index (χ1v) is 38.5. The smallest absolute Gasteiger partial charge is 0.266 e. The van der Waals surface area contributed by atoms with E-state index in [9.17, 15) is 20.4 Å². The lowest BCUT2D eigenvalue weighted by atomic mass is 9.80. The van der Waals surface area contributed by atoms with Gasteiger partial charge in [0.2, 0.25) is 0 Å². The molecule has 0 saturated heterocycles. The lowest BCUT2D eigenvalue weighted by Crippen LogP contribution is -2.42. The number of amides is 4. The molecule has 2 aliphatic rings. The van der Waals surface area contributed by atoms with E-state index in [4.69, 9.17) is 18.9 Å². The Labute approximate surface area is 660 Å². The van der Waals surface area contributed by atoms with Gasteiger partial charge < -0.3 is 39.4 Å². The molecule has 14 heteroatoms. The molecule has 0 bridgehead atoms. The first kappa shape index (κ1) is 73.1. The van der Waals surface area contributed by atoms with Crippen LogP contribution in [0, 0.1) is 27.7 Å². The molecule has 4 amide bonds. The molecule has 15 aromatic carbocycles. The molecule has 0 fully saturated rings. The fourth-order valence-corrected chi connectivity index (χ4v) is 16.6. The normalized spacial score (nSPS) is 12.9. The molecule has 0 aliphatic carbocycles. The van der Waals surface area contributed by atoms with Crippen molar-refractivity contribution in [1.82, 2.24) is 0 Å². The number of aryl methyl sites for hydroxylation is 4. The van der Waals surface area contributed by atoms with Crippen LogP contribution in [0.15, 0.2) is 231 Å². The van der Waals surface area contributed by atoms with E-state index in [0.717, 1.165) is 55.6 Å². The Morgan fingerprint density at radius 2 is 0.474 bits per heavy atom. The molecule has 0 atom stereocenters. The molecule has 0 aromatic heterocycles. The molecule has 0 unspecified atom stereocenters. The second-order valence-electron chi connectivity index (χ2n) is 31.4. The fraction of sp³-hybridized carbons (Fsp3) is 0.160. The number of para-hydroxylation sites is 2. The van der Waals surface area contributed by atoms with Crippen molar-refractivity contribution in [3.63, 3.8) is 0 Å². The Bertz CT molecular complexity index is 5760. The van der Waals surface area contributed by atoms with Gasteiger partial charge in [-0.1, -0.05) is 199 Å². The van der Waals surface area contributed by atoms with E-state index < -0.39 is 23.6 Å². The number of rotatable bonds is 18. The van der Waals surface area contributed by atoms with Gasteiger partial charge in [0.15, 0.2) is 0 Å². The van der Waals surface area contributed by atoms with E-state index in [0.29, 0.717) is 56.3 Å². The summed E-state index contributed by atoms with van der Waals surface area (Å²) < 4.78 is 31.0. The van der Waals surface area contributed by atoms with Gasteiger partial charge in [-0.15, -0.1) is 0 Å². The number of benzene rings is 15. The summed E-state index contributed by atoms with van der Waals surface area (Å²) in [5.74, 6) is -2.29. The van der Waals surface area contributed by atoms with Gasteiger partial charge in [-0.3, -0.25) is 19.2 Å². The van der Waals surface area contributed by atoms with Crippen LogP contribution in [0.1, 0.15) is 165 Å². The zero-order chi connectivity index (χ0) is 79.7. The number of phenols is 4. The molecule has 14 nitrogen and oxygen atoms in total. The van der Waals surface area contributed by atoms with Crippen molar-refractivity contribution in [2.24, 2.45) is 0 Å². The van der Waals surface area contributed by atoms with Crippen molar-refractivity contribution >= 4 is 78.1 Å². The van der Waals surface area contributed by atoms with Gasteiger partial charge in [0.1, 0.15) is 69.0 Å². The highest BCUT2D eigenvalue weighted by atomic mass is 16.5. The average molecular weight is 1500 g/mol. The van der Waals surface area contributed by atoms with Gasteiger partial charge in [0.25, 0.3) is 23.6 Å². The average Bonchev–Trinajstić information content (AvgIpc) is 0.668. The second-order valence-corrected chi connectivity index (χ2v) is 31.4. The molecule has 564 valence electrons. The molecule has 2 aliphatic heterocycles. The Kier molecular flexibility index (Phi) is 18.1. The van der Waals surface area contributed by atoms with E-state index >= 15 is 19.2 Å². The maximum absolute atomic E-state index is 17.1.